The molecule has 3 aromatic carbocycles. The third-order valence-electron chi connectivity index (χ3n) is 4.33. The lowest BCUT2D eigenvalue weighted by Crippen LogP contribution is -2.00. The molecule has 0 aliphatic heterocycles. The van der Waals surface area contributed by atoms with Crippen LogP contribution in [0, 0.1) is 0 Å². The number of phenols is 1. The van der Waals surface area contributed by atoms with E-state index in [2.05, 4.69) is 29.7 Å². The van der Waals surface area contributed by atoms with Crippen LogP contribution in [0.15, 0.2) is 48.5 Å². The molecule has 0 spiro atoms. The second-order valence-electron chi connectivity index (χ2n) is 6.09. The van der Waals surface area contributed by atoms with E-state index in [-0.39, 0.29) is 5.75 Å². The van der Waals surface area contributed by atoms with Crippen LogP contribution in [0.1, 0.15) is 12.5 Å². The van der Waals surface area contributed by atoms with Crippen molar-refractivity contribution >= 4 is 34.4 Å². The fourth-order valence-corrected chi connectivity index (χ4v) is 3.04. The summed E-state index contributed by atoms with van der Waals surface area (Å²) in [4.78, 5) is 1.49. The number of phenolic OH excluding ortho intramolecular Hbond substituents is 1. The topological polar surface area (TPSA) is 60.2 Å². The normalized spacial score (nSPS) is 11.3. The van der Waals surface area contributed by atoms with Crippen molar-refractivity contribution < 1.29 is 9.84 Å². The average molecular weight is 365 g/mol. The minimum absolute atomic E-state index is 0.137. The van der Waals surface area contributed by atoms with Gasteiger partial charge in [-0.25, -0.2) is 0 Å². The molecule has 0 fully saturated rings. The molecule has 0 saturated heterocycles. The molecule has 1 N–H and O–H groups in total. The van der Waals surface area contributed by atoms with E-state index in [0.717, 1.165) is 34.0 Å². The number of fused-ring (bicyclic) bond motifs is 2. The van der Waals surface area contributed by atoms with Gasteiger partial charge in [0.25, 0.3) is 0 Å². The zero-order valence-corrected chi connectivity index (χ0v) is 15.3. The molecular weight excluding hydrogens is 346 g/mol. The highest BCUT2D eigenvalue weighted by molar-refractivity contribution is 7.80. The first-order chi connectivity index (χ1) is 12.7. The Kier molecular flexibility index (Phi) is 4.42. The summed E-state index contributed by atoms with van der Waals surface area (Å²) in [7, 11) is 0. The summed E-state index contributed by atoms with van der Waals surface area (Å²) in [6, 6.07) is 15.4. The molecule has 1 heterocycles. The lowest BCUT2D eigenvalue weighted by Gasteiger charge is -2.08. The lowest BCUT2D eigenvalue weighted by molar-refractivity contribution is 0.345. The first-order valence-corrected chi connectivity index (χ1v) is 9.18. The van der Waals surface area contributed by atoms with Crippen molar-refractivity contribution in [2.24, 2.45) is 0 Å². The molecule has 4 rings (SSSR count). The molecule has 0 unspecified atom stereocenters. The van der Waals surface area contributed by atoms with E-state index in [1.54, 1.807) is 6.07 Å². The van der Waals surface area contributed by atoms with Gasteiger partial charge in [0.15, 0.2) is 0 Å². The molecule has 1 aromatic heterocycles. The summed E-state index contributed by atoms with van der Waals surface area (Å²) in [5.41, 5.74) is 3.36. The highest BCUT2D eigenvalue weighted by Gasteiger charge is 2.11. The smallest absolute Gasteiger partial charge is 0.143 e. The third kappa shape index (κ3) is 3.08. The summed E-state index contributed by atoms with van der Waals surface area (Å²) in [6.07, 6.45) is 0.944. The first-order valence-electron chi connectivity index (χ1n) is 8.54. The quantitative estimate of drug-likeness (QED) is 0.522. The largest absolute Gasteiger partial charge is 0.506 e. The van der Waals surface area contributed by atoms with Gasteiger partial charge in [-0.2, -0.15) is 12.6 Å². The van der Waals surface area contributed by atoms with Gasteiger partial charge in [0.2, 0.25) is 0 Å². The number of nitrogens with zero attached hydrogens (tertiary/aromatic N) is 3. The zero-order chi connectivity index (χ0) is 18.1. The minimum atomic E-state index is 0.137. The van der Waals surface area contributed by atoms with E-state index >= 15 is 0 Å². The molecule has 4 aromatic rings. The van der Waals surface area contributed by atoms with Crippen LogP contribution in [0.5, 0.6) is 11.5 Å². The second-order valence-corrected chi connectivity index (χ2v) is 6.54. The van der Waals surface area contributed by atoms with Crippen LogP contribution in [-0.2, 0) is 6.42 Å². The lowest BCUT2D eigenvalue weighted by atomic mass is 10.1. The molecule has 0 saturated carbocycles. The fraction of sp³-hybridized carbons (Fsp3) is 0.200. The number of hydrogen-bond acceptors (Lipinski definition) is 5. The number of benzene rings is 3. The Morgan fingerprint density at radius 2 is 1.85 bits per heavy atom. The Balaban J connectivity index is 1.80. The van der Waals surface area contributed by atoms with E-state index in [0.29, 0.717) is 18.0 Å². The maximum atomic E-state index is 10.5. The fourth-order valence-electron chi connectivity index (χ4n) is 2.95. The zero-order valence-electron chi connectivity index (χ0n) is 14.4. The molecule has 0 bridgehead atoms. The SMILES string of the molecule is CCc1ccc2nn(-c3cc4cc(OCCS)ccc4cc3O)nc2c1. The van der Waals surface area contributed by atoms with Crippen LogP contribution >= 0.6 is 12.6 Å². The third-order valence-corrected chi connectivity index (χ3v) is 4.52. The molecule has 0 atom stereocenters. The monoisotopic (exact) mass is 365 g/mol. The molecule has 5 nitrogen and oxygen atoms in total. The Hall–Kier alpha value is -2.73. The van der Waals surface area contributed by atoms with Gasteiger partial charge in [-0.1, -0.05) is 19.1 Å². The van der Waals surface area contributed by atoms with Crippen molar-refractivity contribution in [3.63, 3.8) is 0 Å². The Bertz CT molecular complexity index is 1090. The van der Waals surface area contributed by atoms with Crippen LogP contribution < -0.4 is 4.74 Å². The number of hydrogen-bond donors (Lipinski definition) is 2. The first kappa shape index (κ1) is 16.7. The molecule has 26 heavy (non-hydrogen) atoms. The van der Waals surface area contributed by atoms with E-state index in [4.69, 9.17) is 4.74 Å². The summed E-state index contributed by atoms with van der Waals surface area (Å²) in [5.74, 6) is 1.56. The predicted octanol–water partition coefficient (Wildman–Crippen LogP) is 4.15. The highest BCUT2D eigenvalue weighted by Crippen LogP contribution is 2.30. The molecule has 0 radical (unpaired) electrons. The van der Waals surface area contributed by atoms with Crippen LogP contribution in [0.2, 0.25) is 0 Å². The second kappa shape index (κ2) is 6.88. The van der Waals surface area contributed by atoms with Crippen molar-refractivity contribution in [2.45, 2.75) is 13.3 Å². The van der Waals surface area contributed by atoms with Crippen molar-refractivity contribution in [1.82, 2.24) is 15.0 Å². The minimum Gasteiger partial charge on any atom is -0.506 e. The highest BCUT2D eigenvalue weighted by atomic mass is 32.1. The molecule has 6 heteroatoms. The number of ether oxygens (including phenoxy) is 1. The van der Waals surface area contributed by atoms with Crippen molar-refractivity contribution in [3.8, 4) is 17.2 Å². The van der Waals surface area contributed by atoms with Gasteiger partial charge in [-0.05, 0) is 59.2 Å². The summed E-state index contributed by atoms with van der Waals surface area (Å²) >= 11 is 4.16. The van der Waals surface area contributed by atoms with Gasteiger partial charge in [-0.3, -0.25) is 0 Å². The van der Waals surface area contributed by atoms with Gasteiger partial charge in [0.05, 0.1) is 6.61 Å². The summed E-state index contributed by atoms with van der Waals surface area (Å²) in [5, 5.41) is 21.4. The van der Waals surface area contributed by atoms with Gasteiger partial charge < -0.3 is 9.84 Å². The Morgan fingerprint density at radius 3 is 2.65 bits per heavy atom. The van der Waals surface area contributed by atoms with E-state index in [9.17, 15) is 5.11 Å². The van der Waals surface area contributed by atoms with Crippen LogP contribution in [-0.4, -0.2) is 32.5 Å². The number of aromatic hydroxyl groups is 1. The molecule has 0 aliphatic rings. The summed E-state index contributed by atoms with van der Waals surface area (Å²) < 4.78 is 5.64. The number of thiol groups is 1. The van der Waals surface area contributed by atoms with Gasteiger partial charge >= 0.3 is 0 Å². The van der Waals surface area contributed by atoms with Crippen molar-refractivity contribution in [2.75, 3.05) is 12.4 Å². The molecule has 132 valence electrons. The molecule has 0 amide bonds. The number of aryl methyl sites for hydroxylation is 1. The maximum absolute atomic E-state index is 10.5. The van der Waals surface area contributed by atoms with Crippen LogP contribution in [0.25, 0.3) is 27.5 Å². The molecule has 0 aliphatic carbocycles. The maximum Gasteiger partial charge on any atom is 0.143 e. The van der Waals surface area contributed by atoms with E-state index in [1.165, 1.54) is 10.4 Å². The van der Waals surface area contributed by atoms with E-state index in [1.807, 2.05) is 42.5 Å². The molecular formula is C20H19N3O2S. The number of aromatic nitrogens is 3. The predicted molar refractivity (Wildman–Crippen MR) is 107 cm³/mol. The standard InChI is InChI=1S/C20H19N3O2S/c1-2-13-3-6-17-18(9-13)22-23(21-17)19-11-15-10-16(25-7-8-26)5-4-14(15)12-20(19)24/h3-6,9-12,24,26H,2,7-8H2,1H3. The number of rotatable bonds is 5. The van der Waals surface area contributed by atoms with Gasteiger partial charge in [-0.15, -0.1) is 15.0 Å². The van der Waals surface area contributed by atoms with E-state index < -0.39 is 0 Å². The average Bonchev–Trinajstić information content (AvgIpc) is 3.08. The Morgan fingerprint density at radius 1 is 1.00 bits per heavy atom. The van der Waals surface area contributed by atoms with Crippen molar-refractivity contribution in [1.29, 1.82) is 0 Å². The van der Waals surface area contributed by atoms with Crippen LogP contribution in [0.4, 0.5) is 0 Å². The summed E-state index contributed by atoms with van der Waals surface area (Å²) in [6.45, 7) is 2.65. The van der Waals surface area contributed by atoms with Crippen molar-refractivity contribution in [3.05, 3.63) is 54.1 Å². The van der Waals surface area contributed by atoms with Gasteiger partial charge in [0.1, 0.15) is 28.2 Å². The Labute approximate surface area is 156 Å². The van der Waals surface area contributed by atoms with Gasteiger partial charge in [0, 0.05) is 5.75 Å². The van der Waals surface area contributed by atoms with Crippen LogP contribution in [0.3, 0.4) is 0 Å².